The summed E-state index contributed by atoms with van der Waals surface area (Å²) in [6.07, 6.45) is 2.12. The number of nitrogens with one attached hydrogen (secondary N) is 2. The first kappa shape index (κ1) is 24.8. The van der Waals surface area contributed by atoms with E-state index in [2.05, 4.69) is 25.4 Å². The summed E-state index contributed by atoms with van der Waals surface area (Å²) in [5.74, 6) is 0.723. The summed E-state index contributed by atoms with van der Waals surface area (Å²) in [6.45, 7) is 5.49. The molecule has 0 atom stereocenters. The zero-order valence-electron chi connectivity index (χ0n) is 17.8. The van der Waals surface area contributed by atoms with Gasteiger partial charge in [-0.15, -0.1) is 24.0 Å². The Labute approximate surface area is 195 Å². The lowest BCUT2D eigenvalue weighted by Crippen LogP contribution is -2.54. The zero-order chi connectivity index (χ0) is 20.7. The van der Waals surface area contributed by atoms with E-state index in [1.165, 1.54) is 6.07 Å². The van der Waals surface area contributed by atoms with Gasteiger partial charge in [0.15, 0.2) is 5.96 Å². The Morgan fingerprint density at radius 2 is 1.97 bits per heavy atom. The summed E-state index contributed by atoms with van der Waals surface area (Å²) < 4.78 is 18.5. The highest BCUT2D eigenvalue weighted by molar-refractivity contribution is 14.0. The molecule has 9 heteroatoms. The summed E-state index contributed by atoms with van der Waals surface area (Å²) in [4.78, 5) is 20.8. The lowest BCUT2D eigenvalue weighted by atomic mass is 9.96. The minimum absolute atomic E-state index is 0. The van der Waals surface area contributed by atoms with Crippen LogP contribution in [0.3, 0.4) is 0 Å². The van der Waals surface area contributed by atoms with E-state index >= 15 is 0 Å². The third-order valence-corrected chi connectivity index (χ3v) is 5.75. The predicted molar refractivity (Wildman–Crippen MR) is 127 cm³/mol. The van der Waals surface area contributed by atoms with Gasteiger partial charge >= 0.3 is 0 Å². The fourth-order valence-electron chi connectivity index (χ4n) is 3.79. The third kappa shape index (κ3) is 6.78. The molecule has 1 heterocycles. The number of amides is 1. The van der Waals surface area contributed by atoms with Crippen molar-refractivity contribution in [2.24, 2.45) is 4.99 Å². The van der Waals surface area contributed by atoms with Crippen molar-refractivity contribution in [1.29, 1.82) is 0 Å². The van der Waals surface area contributed by atoms with E-state index in [0.29, 0.717) is 19.7 Å². The Kier molecular flexibility index (Phi) is 9.76. The van der Waals surface area contributed by atoms with Crippen LogP contribution in [0.2, 0.25) is 0 Å². The van der Waals surface area contributed by atoms with E-state index in [0.717, 1.165) is 57.1 Å². The molecule has 1 aliphatic carbocycles. The molecule has 0 bridgehead atoms. The first-order valence-corrected chi connectivity index (χ1v) is 10.3. The molecule has 2 aliphatic rings. The normalized spacial score (nSPS) is 18.5. The first-order chi connectivity index (χ1) is 14.1. The maximum atomic E-state index is 13.6. The number of piperazine rings is 1. The molecular formula is C21H33FIN5O2. The quantitative estimate of drug-likeness (QED) is 0.229. The van der Waals surface area contributed by atoms with E-state index in [9.17, 15) is 9.18 Å². The van der Waals surface area contributed by atoms with Gasteiger partial charge in [-0.05, 0) is 30.5 Å². The molecule has 0 radical (unpaired) electrons. The van der Waals surface area contributed by atoms with Crippen molar-refractivity contribution in [1.82, 2.24) is 20.4 Å². The van der Waals surface area contributed by atoms with E-state index in [4.69, 9.17) is 4.74 Å². The van der Waals surface area contributed by atoms with Gasteiger partial charge in [-0.2, -0.15) is 0 Å². The number of guanidine groups is 1. The second-order valence-corrected chi connectivity index (χ2v) is 7.80. The van der Waals surface area contributed by atoms with Gasteiger partial charge in [0, 0.05) is 58.8 Å². The SMILES string of the molecule is CN=C(NCC1(c2cccc(F)c2)CC1)N1CCN(CC(=O)NCCOC)CC1.I. The Morgan fingerprint density at radius 3 is 2.57 bits per heavy atom. The van der Waals surface area contributed by atoms with E-state index in [1.807, 2.05) is 6.07 Å². The minimum atomic E-state index is -0.180. The molecular weight excluding hydrogens is 500 g/mol. The number of ether oxygens (including phenoxy) is 1. The van der Waals surface area contributed by atoms with Crippen LogP contribution in [0.15, 0.2) is 29.3 Å². The molecule has 1 aliphatic heterocycles. The second-order valence-electron chi connectivity index (χ2n) is 7.80. The maximum absolute atomic E-state index is 13.6. The van der Waals surface area contributed by atoms with Crippen LogP contribution in [0.5, 0.6) is 0 Å². The van der Waals surface area contributed by atoms with Crippen LogP contribution in [0.25, 0.3) is 0 Å². The number of methoxy groups -OCH3 is 1. The monoisotopic (exact) mass is 533 g/mol. The average molecular weight is 533 g/mol. The van der Waals surface area contributed by atoms with Crippen LogP contribution in [-0.2, 0) is 14.9 Å². The van der Waals surface area contributed by atoms with Crippen LogP contribution < -0.4 is 10.6 Å². The van der Waals surface area contributed by atoms with E-state index in [-0.39, 0.29) is 41.1 Å². The smallest absolute Gasteiger partial charge is 0.234 e. The van der Waals surface area contributed by atoms with Crippen molar-refractivity contribution in [2.75, 3.05) is 66.6 Å². The van der Waals surface area contributed by atoms with Gasteiger partial charge in [0.2, 0.25) is 5.91 Å². The Bertz CT molecular complexity index is 721. The van der Waals surface area contributed by atoms with Crippen molar-refractivity contribution < 1.29 is 13.9 Å². The Balaban J connectivity index is 0.00000320. The summed E-state index contributed by atoms with van der Waals surface area (Å²) >= 11 is 0. The van der Waals surface area contributed by atoms with Gasteiger partial charge < -0.3 is 20.3 Å². The number of benzene rings is 1. The van der Waals surface area contributed by atoms with Gasteiger partial charge in [0.25, 0.3) is 0 Å². The molecule has 0 spiro atoms. The second kappa shape index (κ2) is 11.8. The van der Waals surface area contributed by atoms with Crippen LogP contribution in [-0.4, -0.2) is 88.2 Å². The van der Waals surface area contributed by atoms with Crippen molar-refractivity contribution in [3.63, 3.8) is 0 Å². The Morgan fingerprint density at radius 1 is 1.23 bits per heavy atom. The molecule has 0 unspecified atom stereocenters. The van der Waals surface area contributed by atoms with Gasteiger partial charge in [0.05, 0.1) is 13.2 Å². The van der Waals surface area contributed by atoms with Gasteiger partial charge in [-0.3, -0.25) is 14.7 Å². The summed E-state index contributed by atoms with van der Waals surface area (Å²) in [6, 6.07) is 6.93. The lowest BCUT2D eigenvalue weighted by molar-refractivity contribution is -0.122. The fourth-order valence-corrected chi connectivity index (χ4v) is 3.79. The number of aliphatic imine (C=N–C) groups is 1. The zero-order valence-corrected chi connectivity index (χ0v) is 20.2. The molecule has 168 valence electrons. The number of carbonyl (C=O) groups excluding carboxylic acids is 1. The molecule has 2 fully saturated rings. The van der Waals surface area contributed by atoms with Crippen molar-refractivity contribution in [3.8, 4) is 0 Å². The van der Waals surface area contributed by atoms with Gasteiger partial charge in [-0.25, -0.2) is 4.39 Å². The van der Waals surface area contributed by atoms with E-state index < -0.39 is 0 Å². The topological polar surface area (TPSA) is 69.2 Å². The highest BCUT2D eigenvalue weighted by Gasteiger charge is 2.44. The molecule has 30 heavy (non-hydrogen) atoms. The number of halogens is 2. The number of nitrogens with zero attached hydrogens (tertiary/aromatic N) is 3. The molecule has 7 nitrogen and oxygen atoms in total. The molecule has 1 amide bonds. The molecule has 3 rings (SSSR count). The molecule has 1 saturated carbocycles. The fraction of sp³-hybridized carbons (Fsp3) is 0.619. The van der Waals surface area contributed by atoms with Crippen molar-refractivity contribution >= 4 is 35.8 Å². The largest absolute Gasteiger partial charge is 0.383 e. The molecule has 1 aromatic carbocycles. The minimum Gasteiger partial charge on any atom is -0.383 e. The first-order valence-electron chi connectivity index (χ1n) is 10.3. The summed E-state index contributed by atoms with van der Waals surface area (Å²) in [7, 11) is 3.41. The maximum Gasteiger partial charge on any atom is 0.234 e. The lowest BCUT2D eigenvalue weighted by Gasteiger charge is -2.36. The number of hydrogen-bond donors (Lipinski definition) is 2. The van der Waals surface area contributed by atoms with Crippen LogP contribution >= 0.6 is 24.0 Å². The predicted octanol–water partition coefficient (Wildman–Crippen LogP) is 1.43. The van der Waals surface area contributed by atoms with Crippen LogP contribution in [0.1, 0.15) is 18.4 Å². The highest BCUT2D eigenvalue weighted by atomic mass is 127. The summed E-state index contributed by atoms with van der Waals surface area (Å²) in [5, 5.41) is 6.35. The standard InChI is InChI=1S/C21H32FN5O2.HI/c1-23-20(25-16-21(6-7-21)17-4-3-5-18(22)14-17)27-11-9-26(10-12-27)15-19(28)24-8-13-29-2;/h3-5,14H,6-13,15-16H2,1-2H3,(H,23,25)(H,24,28);1H. The molecule has 1 aromatic rings. The van der Waals surface area contributed by atoms with Gasteiger partial charge in [-0.1, -0.05) is 12.1 Å². The van der Waals surface area contributed by atoms with Crippen molar-refractivity contribution in [3.05, 3.63) is 35.6 Å². The molecule has 0 aromatic heterocycles. The summed E-state index contributed by atoms with van der Waals surface area (Å²) in [5.41, 5.74) is 1.07. The van der Waals surface area contributed by atoms with Crippen LogP contribution in [0.4, 0.5) is 4.39 Å². The average Bonchev–Trinajstić information content (AvgIpc) is 3.51. The Hall–Kier alpha value is -1.46. The number of rotatable bonds is 8. The van der Waals surface area contributed by atoms with E-state index in [1.54, 1.807) is 26.3 Å². The number of hydrogen-bond acceptors (Lipinski definition) is 4. The number of carbonyl (C=O) groups is 1. The molecule has 2 N–H and O–H groups in total. The molecule has 1 saturated heterocycles. The third-order valence-electron chi connectivity index (χ3n) is 5.75. The van der Waals surface area contributed by atoms with Gasteiger partial charge in [0.1, 0.15) is 5.82 Å². The van der Waals surface area contributed by atoms with Crippen molar-refractivity contribution in [2.45, 2.75) is 18.3 Å². The highest BCUT2D eigenvalue weighted by Crippen LogP contribution is 2.47. The van der Waals surface area contributed by atoms with Crippen LogP contribution in [0, 0.1) is 5.82 Å².